The summed E-state index contributed by atoms with van der Waals surface area (Å²) >= 11 is 0. The molecular weight excluding hydrogens is 260 g/mol. The van der Waals surface area contributed by atoms with Gasteiger partial charge < -0.3 is 9.73 Å². The number of aryl methyl sites for hydroxylation is 1. The van der Waals surface area contributed by atoms with Crippen LogP contribution >= 0.6 is 0 Å². The number of nitrogens with one attached hydrogen (secondary N) is 1. The van der Waals surface area contributed by atoms with E-state index in [1.807, 2.05) is 19.9 Å². The minimum atomic E-state index is -0.565. The molecule has 0 saturated carbocycles. The topological polar surface area (TPSA) is 25.2 Å². The summed E-state index contributed by atoms with van der Waals surface area (Å²) in [6.07, 6.45) is 3.29. The summed E-state index contributed by atoms with van der Waals surface area (Å²) < 4.78 is 32.3. The van der Waals surface area contributed by atoms with Crippen molar-refractivity contribution in [2.75, 3.05) is 6.54 Å². The lowest BCUT2D eigenvalue weighted by Crippen LogP contribution is -2.24. The van der Waals surface area contributed by atoms with Crippen LogP contribution in [0.25, 0.3) is 0 Å². The third kappa shape index (κ3) is 3.25. The summed E-state index contributed by atoms with van der Waals surface area (Å²) in [6, 6.07) is 5.21. The van der Waals surface area contributed by atoms with Crippen molar-refractivity contribution < 1.29 is 13.2 Å². The van der Waals surface area contributed by atoms with Crippen LogP contribution in [0.1, 0.15) is 43.2 Å². The molecule has 2 rings (SSSR count). The quantitative estimate of drug-likeness (QED) is 0.857. The monoisotopic (exact) mass is 279 g/mol. The minimum Gasteiger partial charge on any atom is -0.469 e. The van der Waals surface area contributed by atoms with Crippen molar-refractivity contribution in [1.29, 1.82) is 0 Å². The van der Waals surface area contributed by atoms with E-state index in [4.69, 9.17) is 4.42 Å². The van der Waals surface area contributed by atoms with Gasteiger partial charge in [-0.25, -0.2) is 8.78 Å². The summed E-state index contributed by atoms with van der Waals surface area (Å²) in [6.45, 7) is 4.80. The van der Waals surface area contributed by atoms with Crippen molar-refractivity contribution in [2.45, 2.75) is 32.7 Å². The molecule has 0 amide bonds. The van der Waals surface area contributed by atoms with Crippen LogP contribution in [0, 0.1) is 11.6 Å². The predicted molar refractivity (Wildman–Crippen MR) is 74.6 cm³/mol. The summed E-state index contributed by atoms with van der Waals surface area (Å²) in [7, 11) is 0. The molecule has 4 heteroatoms. The Morgan fingerprint density at radius 1 is 1.15 bits per heavy atom. The van der Waals surface area contributed by atoms with Crippen molar-refractivity contribution in [2.24, 2.45) is 0 Å². The first-order chi connectivity index (χ1) is 9.65. The normalized spacial score (nSPS) is 12.6. The Morgan fingerprint density at radius 2 is 1.85 bits per heavy atom. The Hall–Kier alpha value is -1.68. The Morgan fingerprint density at radius 3 is 2.45 bits per heavy atom. The van der Waals surface area contributed by atoms with E-state index in [9.17, 15) is 8.78 Å². The molecule has 1 aromatic heterocycles. The molecule has 1 heterocycles. The van der Waals surface area contributed by atoms with E-state index in [0.717, 1.165) is 36.8 Å². The van der Waals surface area contributed by atoms with Crippen molar-refractivity contribution in [3.8, 4) is 0 Å². The number of benzene rings is 1. The van der Waals surface area contributed by atoms with Gasteiger partial charge in [-0.1, -0.05) is 13.8 Å². The number of rotatable bonds is 6. The van der Waals surface area contributed by atoms with Crippen LogP contribution < -0.4 is 5.32 Å². The molecule has 20 heavy (non-hydrogen) atoms. The van der Waals surface area contributed by atoms with Gasteiger partial charge in [-0.2, -0.15) is 0 Å². The number of furan rings is 1. The molecule has 0 aliphatic rings. The molecule has 1 aromatic carbocycles. The second-order valence-corrected chi connectivity index (χ2v) is 4.74. The zero-order chi connectivity index (χ0) is 14.5. The van der Waals surface area contributed by atoms with Crippen LogP contribution in [0.15, 0.2) is 34.9 Å². The average molecular weight is 279 g/mol. The fraction of sp³-hybridized carbons (Fsp3) is 0.375. The highest BCUT2D eigenvalue weighted by Gasteiger charge is 2.19. The Balaban J connectivity index is 2.41. The first kappa shape index (κ1) is 14.7. The van der Waals surface area contributed by atoms with Gasteiger partial charge in [0, 0.05) is 18.1 Å². The van der Waals surface area contributed by atoms with Gasteiger partial charge in [0.25, 0.3) is 0 Å². The zero-order valence-electron chi connectivity index (χ0n) is 11.7. The van der Waals surface area contributed by atoms with Gasteiger partial charge in [0.1, 0.15) is 17.4 Å². The third-order valence-electron chi connectivity index (χ3n) is 3.23. The molecule has 0 bridgehead atoms. The second-order valence-electron chi connectivity index (χ2n) is 4.74. The summed E-state index contributed by atoms with van der Waals surface area (Å²) in [5, 5.41) is 3.32. The predicted octanol–water partition coefficient (Wildman–Crippen LogP) is 4.21. The number of hydrogen-bond acceptors (Lipinski definition) is 2. The molecule has 0 saturated heterocycles. The first-order valence-corrected chi connectivity index (χ1v) is 6.91. The maximum absolute atomic E-state index is 13.4. The Kier molecular flexibility index (Phi) is 4.90. The third-order valence-corrected chi connectivity index (χ3v) is 3.23. The average Bonchev–Trinajstić information content (AvgIpc) is 2.86. The maximum Gasteiger partial charge on any atom is 0.126 e. The SMILES string of the molecule is CCCNC(c1cc(F)cc(F)c1)c1ccoc1CC. The molecule has 1 atom stereocenters. The molecule has 2 aromatic rings. The molecule has 0 spiro atoms. The standard InChI is InChI=1S/C16H19F2NO/c1-3-6-19-16(14-5-7-20-15(14)4-2)11-8-12(17)10-13(18)9-11/h5,7-10,16,19H,3-4,6H2,1-2H3. The van der Waals surface area contributed by atoms with Gasteiger partial charge in [-0.15, -0.1) is 0 Å². The van der Waals surface area contributed by atoms with Crippen molar-refractivity contribution in [3.05, 3.63) is 59.1 Å². The van der Waals surface area contributed by atoms with E-state index in [1.165, 1.54) is 12.1 Å². The summed E-state index contributed by atoms with van der Waals surface area (Å²) in [5.74, 6) is -0.294. The summed E-state index contributed by atoms with van der Waals surface area (Å²) in [4.78, 5) is 0. The van der Waals surface area contributed by atoms with Crippen molar-refractivity contribution in [1.82, 2.24) is 5.32 Å². The first-order valence-electron chi connectivity index (χ1n) is 6.91. The minimum absolute atomic E-state index is 0.256. The van der Waals surface area contributed by atoms with Gasteiger partial charge in [0.2, 0.25) is 0 Å². The van der Waals surface area contributed by atoms with E-state index in [1.54, 1.807) is 6.26 Å². The maximum atomic E-state index is 13.4. The molecule has 0 radical (unpaired) electrons. The zero-order valence-corrected chi connectivity index (χ0v) is 11.7. The van der Waals surface area contributed by atoms with Crippen molar-refractivity contribution >= 4 is 0 Å². The molecular formula is C16H19F2NO. The molecule has 0 fully saturated rings. The Labute approximate surface area is 117 Å². The van der Waals surface area contributed by atoms with E-state index in [0.29, 0.717) is 5.56 Å². The van der Waals surface area contributed by atoms with Crippen LogP contribution in [0.4, 0.5) is 8.78 Å². The van der Waals surface area contributed by atoms with Crippen LogP contribution in [-0.2, 0) is 6.42 Å². The molecule has 2 nitrogen and oxygen atoms in total. The number of hydrogen-bond donors (Lipinski definition) is 1. The van der Waals surface area contributed by atoms with Gasteiger partial charge in [0.15, 0.2) is 0 Å². The van der Waals surface area contributed by atoms with Crippen LogP contribution in [0.5, 0.6) is 0 Å². The largest absolute Gasteiger partial charge is 0.469 e. The lowest BCUT2D eigenvalue weighted by Gasteiger charge is -2.19. The van der Waals surface area contributed by atoms with E-state index in [-0.39, 0.29) is 6.04 Å². The van der Waals surface area contributed by atoms with Gasteiger partial charge in [-0.3, -0.25) is 0 Å². The van der Waals surface area contributed by atoms with Crippen LogP contribution in [0.3, 0.4) is 0 Å². The molecule has 0 aliphatic heterocycles. The molecule has 0 aliphatic carbocycles. The van der Waals surface area contributed by atoms with Gasteiger partial charge in [-0.05, 0) is 36.7 Å². The van der Waals surface area contributed by atoms with E-state index < -0.39 is 11.6 Å². The van der Waals surface area contributed by atoms with Crippen LogP contribution in [0.2, 0.25) is 0 Å². The fourth-order valence-electron chi connectivity index (χ4n) is 2.33. The Bertz CT molecular complexity index is 545. The van der Waals surface area contributed by atoms with Gasteiger partial charge >= 0.3 is 0 Å². The van der Waals surface area contributed by atoms with E-state index in [2.05, 4.69) is 5.32 Å². The molecule has 108 valence electrons. The lowest BCUT2D eigenvalue weighted by atomic mass is 9.97. The fourth-order valence-corrected chi connectivity index (χ4v) is 2.33. The van der Waals surface area contributed by atoms with Crippen LogP contribution in [-0.4, -0.2) is 6.54 Å². The van der Waals surface area contributed by atoms with E-state index >= 15 is 0 Å². The van der Waals surface area contributed by atoms with Crippen molar-refractivity contribution in [3.63, 3.8) is 0 Å². The number of halogens is 2. The lowest BCUT2D eigenvalue weighted by molar-refractivity contribution is 0.498. The smallest absolute Gasteiger partial charge is 0.126 e. The van der Waals surface area contributed by atoms with Gasteiger partial charge in [0.05, 0.1) is 12.3 Å². The molecule has 1 N–H and O–H groups in total. The highest BCUT2D eigenvalue weighted by molar-refractivity contribution is 5.34. The highest BCUT2D eigenvalue weighted by Crippen LogP contribution is 2.27. The second kappa shape index (κ2) is 6.66. The molecule has 1 unspecified atom stereocenters. The highest BCUT2D eigenvalue weighted by atomic mass is 19.1. The summed E-state index contributed by atoms with van der Waals surface area (Å²) in [5.41, 5.74) is 1.51.